The van der Waals surface area contributed by atoms with Crippen molar-refractivity contribution in [2.24, 2.45) is 0 Å². The summed E-state index contributed by atoms with van der Waals surface area (Å²) in [4.78, 5) is 28.7. The van der Waals surface area contributed by atoms with Crippen molar-refractivity contribution in [3.05, 3.63) is 59.7 Å². The number of carbonyl (C=O) groups excluding carboxylic acids is 2. The van der Waals surface area contributed by atoms with Crippen LogP contribution >= 0.6 is 23.1 Å². The number of nitrogens with zero attached hydrogens (tertiary/aromatic N) is 1. The number of para-hydroxylation sites is 1. The van der Waals surface area contributed by atoms with Crippen molar-refractivity contribution in [3.63, 3.8) is 0 Å². The fourth-order valence-electron chi connectivity index (χ4n) is 2.47. The number of amides is 1. The smallest absolute Gasteiger partial charge is 0.338 e. The van der Waals surface area contributed by atoms with Crippen LogP contribution in [-0.2, 0) is 15.3 Å². The van der Waals surface area contributed by atoms with Gasteiger partial charge in [0.2, 0.25) is 0 Å². The van der Waals surface area contributed by atoms with E-state index in [9.17, 15) is 9.59 Å². The van der Waals surface area contributed by atoms with E-state index in [4.69, 9.17) is 4.74 Å². The summed E-state index contributed by atoms with van der Waals surface area (Å²) in [6.07, 6.45) is 0. The molecule has 0 aliphatic rings. The first kappa shape index (κ1) is 19.4. The summed E-state index contributed by atoms with van der Waals surface area (Å²) in [5, 5.41) is 2.70. The molecule has 0 fully saturated rings. The van der Waals surface area contributed by atoms with Crippen LogP contribution in [0.4, 0.5) is 0 Å². The summed E-state index contributed by atoms with van der Waals surface area (Å²) in [6, 6.07) is 15.3. The van der Waals surface area contributed by atoms with Gasteiger partial charge in [-0.2, -0.15) is 0 Å². The minimum atomic E-state index is -0.491. The van der Waals surface area contributed by atoms with E-state index in [2.05, 4.69) is 10.3 Å². The highest BCUT2D eigenvalue weighted by atomic mass is 32.2. The number of nitrogens with one attached hydrogen (secondary N) is 1. The van der Waals surface area contributed by atoms with Crippen LogP contribution in [0.5, 0.6) is 0 Å². The van der Waals surface area contributed by atoms with E-state index >= 15 is 0 Å². The fourth-order valence-corrected chi connectivity index (χ4v) is 4.54. The summed E-state index contributed by atoms with van der Waals surface area (Å²) in [5.41, 5.74) is 2.31. The molecule has 1 heterocycles. The van der Waals surface area contributed by atoms with Gasteiger partial charge in [0.25, 0.3) is 5.91 Å². The maximum Gasteiger partial charge on any atom is 0.338 e. The van der Waals surface area contributed by atoms with E-state index in [0.29, 0.717) is 11.3 Å². The lowest BCUT2D eigenvalue weighted by molar-refractivity contribution is -0.124. The first-order chi connectivity index (χ1) is 13.0. The standard InChI is InChI=1S/C20H20N2O3S2/c1-13(2)21-18(23)11-25-19(24)15-8-4-3-7-14(15)12-26-20-22-16-9-5-6-10-17(16)27-20/h3-10,13H,11-12H2,1-2H3,(H,21,23). The zero-order valence-corrected chi connectivity index (χ0v) is 16.7. The highest BCUT2D eigenvalue weighted by Gasteiger charge is 2.15. The van der Waals surface area contributed by atoms with Crippen LogP contribution in [0, 0.1) is 0 Å². The number of hydrogen-bond donors (Lipinski definition) is 1. The third-order valence-electron chi connectivity index (χ3n) is 3.65. The molecule has 0 aliphatic carbocycles. The van der Waals surface area contributed by atoms with Crippen molar-refractivity contribution in [1.29, 1.82) is 0 Å². The van der Waals surface area contributed by atoms with Gasteiger partial charge < -0.3 is 10.1 Å². The van der Waals surface area contributed by atoms with Crippen molar-refractivity contribution in [2.45, 2.75) is 30.0 Å². The van der Waals surface area contributed by atoms with E-state index in [1.54, 1.807) is 35.2 Å². The predicted molar refractivity (Wildman–Crippen MR) is 109 cm³/mol. The Balaban J connectivity index is 1.64. The molecule has 3 aromatic rings. The van der Waals surface area contributed by atoms with E-state index in [1.807, 2.05) is 50.2 Å². The summed E-state index contributed by atoms with van der Waals surface area (Å²) >= 11 is 3.22. The average Bonchev–Trinajstić information content (AvgIpc) is 3.07. The molecule has 0 aliphatic heterocycles. The van der Waals surface area contributed by atoms with Crippen LogP contribution < -0.4 is 5.32 Å². The molecule has 0 bridgehead atoms. The number of thiazole rings is 1. The average molecular weight is 401 g/mol. The number of thioether (sulfide) groups is 1. The fraction of sp³-hybridized carbons (Fsp3) is 0.250. The summed E-state index contributed by atoms with van der Waals surface area (Å²) in [7, 11) is 0. The van der Waals surface area contributed by atoms with Gasteiger partial charge in [-0.15, -0.1) is 11.3 Å². The number of esters is 1. The second kappa shape index (κ2) is 9.01. The predicted octanol–water partition coefficient (Wildman–Crippen LogP) is 4.27. The summed E-state index contributed by atoms with van der Waals surface area (Å²) < 4.78 is 7.26. The molecule has 0 atom stereocenters. The van der Waals surface area contributed by atoms with Crippen molar-refractivity contribution >= 4 is 45.2 Å². The van der Waals surface area contributed by atoms with Crippen LogP contribution in [0.25, 0.3) is 10.2 Å². The molecule has 27 heavy (non-hydrogen) atoms. The van der Waals surface area contributed by atoms with Crippen LogP contribution in [0.1, 0.15) is 29.8 Å². The Kier molecular flexibility index (Phi) is 6.47. The van der Waals surface area contributed by atoms with Crippen molar-refractivity contribution in [1.82, 2.24) is 10.3 Å². The Morgan fingerprint density at radius 1 is 1.15 bits per heavy atom. The molecule has 5 nitrogen and oxygen atoms in total. The molecule has 2 aromatic carbocycles. The third kappa shape index (κ3) is 5.30. The molecule has 3 rings (SSSR count). The Hall–Kier alpha value is -2.38. The van der Waals surface area contributed by atoms with Gasteiger partial charge in [-0.25, -0.2) is 9.78 Å². The molecule has 1 amide bonds. The SMILES string of the molecule is CC(C)NC(=O)COC(=O)c1ccccc1CSc1nc2ccccc2s1. The topological polar surface area (TPSA) is 68.3 Å². The maximum absolute atomic E-state index is 12.4. The molecule has 7 heteroatoms. The van der Waals surface area contributed by atoms with Gasteiger partial charge >= 0.3 is 5.97 Å². The van der Waals surface area contributed by atoms with Gasteiger partial charge in [0.15, 0.2) is 10.9 Å². The lowest BCUT2D eigenvalue weighted by Crippen LogP contribution is -2.34. The van der Waals surface area contributed by atoms with Gasteiger partial charge in [-0.05, 0) is 37.6 Å². The first-order valence-corrected chi connectivity index (χ1v) is 10.4. The second-order valence-corrected chi connectivity index (χ2v) is 8.44. The van der Waals surface area contributed by atoms with Gasteiger partial charge in [0.1, 0.15) is 0 Å². The largest absolute Gasteiger partial charge is 0.452 e. The molecule has 0 saturated heterocycles. The van der Waals surface area contributed by atoms with Crippen molar-refractivity contribution in [2.75, 3.05) is 6.61 Å². The van der Waals surface area contributed by atoms with Crippen LogP contribution in [0.2, 0.25) is 0 Å². The van der Waals surface area contributed by atoms with Gasteiger partial charge in [-0.1, -0.05) is 42.1 Å². The van der Waals surface area contributed by atoms with E-state index in [0.717, 1.165) is 20.1 Å². The zero-order chi connectivity index (χ0) is 19.2. The monoisotopic (exact) mass is 400 g/mol. The van der Waals surface area contributed by atoms with Gasteiger partial charge in [0, 0.05) is 11.8 Å². The lowest BCUT2D eigenvalue weighted by atomic mass is 10.1. The Bertz CT molecular complexity index is 920. The molecule has 0 spiro atoms. The summed E-state index contributed by atoms with van der Waals surface area (Å²) in [5.74, 6) is -0.197. The quantitative estimate of drug-likeness (QED) is 0.474. The molecule has 1 aromatic heterocycles. The lowest BCUT2D eigenvalue weighted by Gasteiger charge is -2.10. The second-order valence-electron chi connectivity index (χ2n) is 6.19. The molecular formula is C20H20N2O3S2. The molecule has 1 N–H and O–H groups in total. The Morgan fingerprint density at radius 2 is 1.89 bits per heavy atom. The number of rotatable bonds is 7. The number of hydrogen-bond acceptors (Lipinski definition) is 6. The number of ether oxygens (including phenoxy) is 1. The highest BCUT2D eigenvalue weighted by molar-refractivity contribution is 8.00. The number of aromatic nitrogens is 1. The van der Waals surface area contributed by atoms with E-state index in [1.165, 1.54) is 0 Å². The molecule has 140 valence electrons. The first-order valence-electron chi connectivity index (χ1n) is 8.55. The van der Waals surface area contributed by atoms with E-state index in [-0.39, 0.29) is 18.6 Å². The number of carbonyl (C=O) groups is 2. The van der Waals surface area contributed by atoms with E-state index < -0.39 is 5.97 Å². The molecular weight excluding hydrogens is 380 g/mol. The van der Waals surface area contributed by atoms with Crippen LogP contribution in [-0.4, -0.2) is 29.5 Å². The minimum absolute atomic E-state index is 0.00805. The molecule has 0 unspecified atom stereocenters. The third-order valence-corrected chi connectivity index (χ3v) is 5.87. The maximum atomic E-state index is 12.4. The van der Waals surface area contributed by atoms with Crippen molar-refractivity contribution in [3.8, 4) is 0 Å². The number of fused-ring (bicyclic) bond motifs is 1. The zero-order valence-electron chi connectivity index (χ0n) is 15.1. The minimum Gasteiger partial charge on any atom is -0.452 e. The Labute approximate surface area is 166 Å². The van der Waals surface area contributed by atoms with Crippen LogP contribution in [0.3, 0.4) is 0 Å². The van der Waals surface area contributed by atoms with Gasteiger partial charge in [-0.3, -0.25) is 4.79 Å². The normalized spacial score (nSPS) is 10.9. The van der Waals surface area contributed by atoms with Gasteiger partial charge in [0.05, 0.1) is 15.8 Å². The number of benzene rings is 2. The molecule has 0 saturated carbocycles. The van der Waals surface area contributed by atoms with Crippen molar-refractivity contribution < 1.29 is 14.3 Å². The Morgan fingerprint density at radius 3 is 2.67 bits per heavy atom. The molecule has 0 radical (unpaired) electrons. The van der Waals surface area contributed by atoms with Crippen LogP contribution in [0.15, 0.2) is 52.9 Å². The summed E-state index contributed by atoms with van der Waals surface area (Å²) in [6.45, 7) is 3.43. The highest BCUT2D eigenvalue weighted by Crippen LogP contribution is 2.32.